The zero-order valence-corrected chi connectivity index (χ0v) is 46.0. The van der Waals surface area contributed by atoms with Crippen LogP contribution in [0.5, 0.6) is 28.7 Å². The van der Waals surface area contributed by atoms with Gasteiger partial charge < -0.3 is 59.2 Å². The summed E-state index contributed by atoms with van der Waals surface area (Å²) in [6, 6.07) is 40.1. The Morgan fingerprint density at radius 2 is 1.49 bits per heavy atom. The first-order chi connectivity index (χ1) is 38.4. The van der Waals surface area contributed by atoms with Crippen molar-refractivity contribution in [2.75, 3.05) is 114 Å². The average Bonchev–Trinajstić information content (AvgIpc) is 3.77. The quantitative estimate of drug-likeness (QED) is 0.0548. The number of carbonyl (C=O) groups excluding carboxylic acids is 3. The summed E-state index contributed by atoms with van der Waals surface area (Å²) in [5.41, 5.74) is 8.29. The van der Waals surface area contributed by atoms with Crippen molar-refractivity contribution in [2.45, 2.75) is 32.6 Å². The lowest BCUT2D eigenvalue weighted by molar-refractivity contribution is -0.125. The minimum Gasteiger partial charge on any atom is -0.497 e. The highest BCUT2D eigenvalue weighted by Crippen LogP contribution is 2.40. The summed E-state index contributed by atoms with van der Waals surface area (Å²) in [4.78, 5) is 57.6. The molecule has 0 atom stereocenters. The van der Waals surface area contributed by atoms with Gasteiger partial charge in [0, 0.05) is 86.4 Å². The number of hydrogen-bond donors (Lipinski definition) is 3. The number of fused-ring (bicyclic) bond motifs is 2. The van der Waals surface area contributed by atoms with Crippen LogP contribution in [0.2, 0.25) is 0 Å². The molecule has 17 heteroatoms. The fourth-order valence-corrected chi connectivity index (χ4v) is 9.80. The van der Waals surface area contributed by atoms with Gasteiger partial charge in [-0.1, -0.05) is 36.4 Å². The monoisotopic (exact) mass is 1070 g/mol. The number of amides is 3. The second-order valence-electron chi connectivity index (χ2n) is 19.7. The number of aromatic nitrogens is 2. The van der Waals surface area contributed by atoms with E-state index in [0.29, 0.717) is 101 Å². The zero-order chi connectivity index (χ0) is 55.4. The van der Waals surface area contributed by atoms with Crippen molar-refractivity contribution in [3.63, 3.8) is 0 Å². The molecule has 3 N–H and O–H groups in total. The van der Waals surface area contributed by atoms with Gasteiger partial charge in [0.2, 0.25) is 11.9 Å². The van der Waals surface area contributed by atoms with Crippen molar-refractivity contribution in [1.29, 1.82) is 0 Å². The van der Waals surface area contributed by atoms with Gasteiger partial charge in [0.05, 0.1) is 57.2 Å². The molecule has 79 heavy (non-hydrogen) atoms. The van der Waals surface area contributed by atoms with Gasteiger partial charge in [-0.3, -0.25) is 14.4 Å². The van der Waals surface area contributed by atoms with E-state index in [-0.39, 0.29) is 23.6 Å². The topological polar surface area (TPSA) is 172 Å². The lowest BCUT2D eigenvalue weighted by atomic mass is 9.95. The number of hydrogen-bond acceptors (Lipinski definition) is 14. The van der Waals surface area contributed by atoms with Crippen LogP contribution in [0.1, 0.15) is 53.3 Å². The standard InChI is InChI=1S/C62H69N9O8/c1-8-77-57-38-46(23-26-52(57)66-62-64-40-54-58(67-62)69(4)53-17-10-9-16-50(53)61(74)70(54)5)71-32-28-42(29-33-71)59(72)63-30-12-34-78-48-24-25-49(56(39-48)79-35-13-31-68(2)3)41-18-21-45(22-19-41)65-60(73)44-20-27-55(76-7)51(37-44)43-14-11-15-47(36-43)75-6/h9-11,14-27,36-40,42H,8,12-13,28-35H2,1-7H3,(H,63,72)(H,65,73)(H,64,66,67). The number of nitrogens with one attached hydrogen (secondary N) is 3. The molecule has 1 fully saturated rings. The van der Waals surface area contributed by atoms with E-state index in [4.69, 9.17) is 28.7 Å². The Labute approximate surface area is 462 Å². The van der Waals surface area contributed by atoms with E-state index in [9.17, 15) is 14.4 Å². The molecule has 9 rings (SSSR count). The van der Waals surface area contributed by atoms with Gasteiger partial charge >= 0.3 is 0 Å². The largest absolute Gasteiger partial charge is 0.497 e. The van der Waals surface area contributed by atoms with Crippen LogP contribution in [0.15, 0.2) is 134 Å². The molecule has 6 aromatic carbocycles. The molecule has 17 nitrogen and oxygen atoms in total. The molecule has 2 aliphatic rings. The van der Waals surface area contributed by atoms with E-state index in [2.05, 4.69) is 30.7 Å². The number of carbonyl (C=O) groups is 3. The molecule has 0 radical (unpaired) electrons. The number of piperidine rings is 1. The van der Waals surface area contributed by atoms with Gasteiger partial charge in [-0.05, 0) is 137 Å². The molecule has 0 unspecified atom stereocenters. The SMILES string of the molecule is CCOc1cc(N2CCC(C(=O)NCCCOc3ccc(-c4ccc(NC(=O)c5ccc(OC)c(-c6cccc(OC)c6)c5)cc4)c(OCCCN(C)C)c3)CC2)ccc1Nc1ncc2c(n1)N(C)c1ccccc1C(=O)N2C. The van der Waals surface area contributed by atoms with Crippen molar-refractivity contribution in [3.05, 3.63) is 145 Å². The second-order valence-corrected chi connectivity index (χ2v) is 19.7. The van der Waals surface area contributed by atoms with Gasteiger partial charge in [0.1, 0.15) is 34.4 Å². The summed E-state index contributed by atoms with van der Waals surface area (Å²) < 4.78 is 29.8. The highest BCUT2D eigenvalue weighted by atomic mass is 16.5. The Hall–Kier alpha value is -8.83. The number of anilines is 7. The second kappa shape index (κ2) is 25.5. The van der Waals surface area contributed by atoms with Crippen molar-refractivity contribution in [3.8, 4) is 51.0 Å². The summed E-state index contributed by atoms with van der Waals surface area (Å²) >= 11 is 0. The fraction of sp³-hybridized carbons (Fsp3) is 0.306. The number of nitrogens with zero attached hydrogens (tertiary/aromatic N) is 6. The van der Waals surface area contributed by atoms with Crippen LogP contribution < -0.4 is 54.3 Å². The highest BCUT2D eigenvalue weighted by Gasteiger charge is 2.30. The maximum Gasteiger partial charge on any atom is 0.260 e. The molecule has 0 saturated carbocycles. The number of benzene rings is 6. The molecule has 1 saturated heterocycles. The number of ether oxygens (including phenoxy) is 5. The summed E-state index contributed by atoms with van der Waals surface area (Å²) in [5.74, 6) is 3.95. The molecule has 0 bridgehead atoms. The molecule has 0 spiro atoms. The first-order valence-electron chi connectivity index (χ1n) is 26.7. The molecule has 2 aliphatic heterocycles. The number of para-hydroxylation sites is 1. The minimum atomic E-state index is -0.247. The van der Waals surface area contributed by atoms with Gasteiger partial charge in [-0.25, -0.2) is 4.98 Å². The smallest absolute Gasteiger partial charge is 0.260 e. The van der Waals surface area contributed by atoms with E-state index < -0.39 is 0 Å². The Bertz CT molecular complexity index is 3270. The Kier molecular flexibility index (Phi) is 17.8. The van der Waals surface area contributed by atoms with Crippen molar-refractivity contribution in [1.82, 2.24) is 20.2 Å². The van der Waals surface area contributed by atoms with Gasteiger partial charge in [-0.15, -0.1) is 0 Å². The molecule has 3 amide bonds. The molecule has 0 aliphatic carbocycles. The normalized spacial score (nSPS) is 13.3. The lowest BCUT2D eigenvalue weighted by Gasteiger charge is -2.33. The highest BCUT2D eigenvalue weighted by molar-refractivity contribution is 6.13. The maximum absolute atomic E-state index is 13.5. The zero-order valence-electron chi connectivity index (χ0n) is 46.0. The molecule has 7 aromatic rings. The van der Waals surface area contributed by atoms with Crippen LogP contribution in [0.4, 0.5) is 40.2 Å². The average molecular weight is 1070 g/mol. The summed E-state index contributed by atoms with van der Waals surface area (Å²) in [5, 5.41) is 9.54. The third kappa shape index (κ3) is 13.1. The van der Waals surface area contributed by atoms with E-state index in [0.717, 1.165) is 72.5 Å². The van der Waals surface area contributed by atoms with E-state index in [1.165, 1.54) is 0 Å². The third-order valence-corrected chi connectivity index (χ3v) is 14.1. The van der Waals surface area contributed by atoms with Crippen LogP contribution in [-0.4, -0.2) is 121 Å². The van der Waals surface area contributed by atoms with Gasteiger partial charge in [0.15, 0.2) is 5.82 Å². The van der Waals surface area contributed by atoms with Crippen LogP contribution >= 0.6 is 0 Å². The van der Waals surface area contributed by atoms with E-state index in [1.54, 1.807) is 44.5 Å². The summed E-state index contributed by atoms with van der Waals surface area (Å²) in [6.45, 7) is 6.17. The van der Waals surface area contributed by atoms with Crippen molar-refractivity contribution < 1.29 is 38.1 Å². The van der Waals surface area contributed by atoms with E-state index >= 15 is 0 Å². The third-order valence-electron chi connectivity index (χ3n) is 14.1. The Morgan fingerprint density at radius 1 is 0.696 bits per heavy atom. The molecular formula is C62H69N9O8. The van der Waals surface area contributed by atoms with Crippen molar-refractivity contribution >= 4 is 57.9 Å². The van der Waals surface area contributed by atoms with Crippen LogP contribution in [-0.2, 0) is 4.79 Å². The van der Waals surface area contributed by atoms with E-state index in [1.807, 2.05) is 148 Å². The first kappa shape index (κ1) is 54.9. The Morgan fingerprint density at radius 3 is 2.27 bits per heavy atom. The summed E-state index contributed by atoms with van der Waals surface area (Å²) in [7, 11) is 10.9. The number of rotatable bonds is 22. The molecule has 3 heterocycles. The molecular weight excluding hydrogens is 999 g/mol. The summed E-state index contributed by atoms with van der Waals surface area (Å²) in [6.07, 6.45) is 4.59. The lowest BCUT2D eigenvalue weighted by Crippen LogP contribution is -2.41. The van der Waals surface area contributed by atoms with Crippen LogP contribution in [0.25, 0.3) is 22.3 Å². The predicted octanol–water partition coefficient (Wildman–Crippen LogP) is 10.7. The molecule has 410 valence electrons. The minimum absolute atomic E-state index is 0.0577. The fourth-order valence-electron chi connectivity index (χ4n) is 9.80. The number of methoxy groups -OCH3 is 2. The van der Waals surface area contributed by atoms with Gasteiger partial charge in [0.25, 0.3) is 11.8 Å². The van der Waals surface area contributed by atoms with Crippen LogP contribution in [0, 0.1) is 5.92 Å². The maximum atomic E-state index is 13.5. The molecule has 1 aromatic heterocycles. The van der Waals surface area contributed by atoms with Crippen molar-refractivity contribution in [2.24, 2.45) is 5.92 Å². The Balaban J connectivity index is 0.760. The predicted molar refractivity (Wildman–Crippen MR) is 312 cm³/mol. The van der Waals surface area contributed by atoms with Gasteiger partial charge in [-0.2, -0.15) is 4.98 Å². The van der Waals surface area contributed by atoms with Crippen LogP contribution in [0.3, 0.4) is 0 Å². The first-order valence-corrected chi connectivity index (χ1v) is 26.7.